The minimum Gasteiger partial charge on any atom is -0.493 e. The Morgan fingerprint density at radius 3 is 2.84 bits per heavy atom. The van der Waals surface area contributed by atoms with Crippen LogP contribution in [0.1, 0.15) is 12.8 Å². The lowest BCUT2D eigenvalue weighted by Crippen LogP contribution is -2.02. The number of rotatable bonds is 6. The standard InChI is InChI=1S/C13H17N3O3/c1-3-18-10-5-4-9(8-11(10)17-2)13-15-12(6-7-14)19-16-13/h4-5,8H,3,6-7,14H2,1-2H3. The number of aromatic nitrogens is 2. The van der Waals surface area contributed by atoms with Gasteiger partial charge in [-0.1, -0.05) is 5.16 Å². The summed E-state index contributed by atoms with van der Waals surface area (Å²) < 4.78 is 15.8. The van der Waals surface area contributed by atoms with Crippen molar-refractivity contribution >= 4 is 0 Å². The average molecular weight is 263 g/mol. The average Bonchev–Trinajstić information content (AvgIpc) is 2.88. The first-order valence-corrected chi connectivity index (χ1v) is 6.12. The van der Waals surface area contributed by atoms with Gasteiger partial charge >= 0.3 is 0 Å². The molecule has 1 heterocycles. The number of hydrogen-bond acceptors (Lipinski definition) is 6. The molecule has 1 aromatic heterocycles. The van der Waals surface area contributed by atoms with Crippen LogP contribution in [0.2, 0.25) is 0 Å². The van der Waals surface area contributed by atoms with Crippen molar-refractivity contribution in [3.63, 3.8) is 0 Å². The summed E-state index contributed by atoms with van der Waals surface area (Å²) >= 11 is 0. The summed E-state index contributed by atoms with van der Waals surface area (Å²) in [4.78, 5) is 4.27. The van der Waals surface area contributed by atoms with Crippen LogP contribution in [0, 0.1) is 0 Å². The molecular weight excluding hydrogens is 246 g/mol. The zero-order valence-electron chi connectivity index (χ0n) is 11.0. The van der Waals surface area contributed by atoms with Gasteiger partial charge in [0.05, 0.1) is 13.7 Å². The quantitative estimate of drug-likeness (QED) is 0.853. The molecule has 102 valence electrons. The maximum absolute atomic E-state index is 5.46. The smallest absolute Gasteiger partial charge is 0.228 e. The molecule has 1 aromatic carbocycles. The van der Waals surface area contributed by atoms with Crippen molar-refractivity contribution in [3.05, 3.63) is 24.1 Å². The maximum atomic E-state index is 5.46. The van der Waals surface area contributed by atoms with Gasteiger partial charge in [-0.25, -0.2) is 0 Å². The van der Waals surface area contributed by atoms with Crippen molar-refractivity contribution in [2.75, 3.05) is 20.3 Å². The Balaban J connectivity index is 2.28. The van der Waals surface area contributed by atoms with E-state index in [2.05, 4.69) is 10.1 Å². The summed E-state index contributed by atoms with van der Waals surface area (Å²) in [6, 6.07) is 5.52. The van der Waals surface area contributed by atoms with Crippen LogP contribution in [0.15, 0.2) is 22.7 Å². The lowest BCUT2D eigenvalue weighted by molar-refractivity contribution is 0.311. The van der Waals surface area contributed by atoms with Gasteiger partial charge in [0.1, 0.15) is 0 Å². The van der Waals surface area contributed by atoms with Gasteiger partial charge in [0, 0.05) is 18.5 Å². The third-order valence-corrected chi connectivity index (χ3v) is 2.55. The molecule has 0 amide bonds. The summed E-state index contributed by atoms with van der Waals surface area (Å²) in [7, 11) is 1.59. The van der Waals surface area contributed by atoms with Crippen LogP contribution in [-0.2, 0) is 6.42 Å². The van der Waals surface area contributed by atoms with Gasteiger partial charge in [-0.15, -0.1) is 0 Å². The van der Waals surface area contributed by atoms with Crippen LogP contribution in [0.3, 0.4) is 0 Å². The molecule has 0 bridgehead atoms. The van der Waals surface area contributed by atoms with Gasteiger partial charge in [-0.2, -0.15) is 4.98 Å². The summed E-state index contributed by atoms with van der Waals surface area (Å²) in [5, 5.41) is 3.92. The van der Waals surface area contributed by atoms with Gasteiger partial charge < -0.3 is 19.7 Å². The topological polar surface area (TPSA) is 83.4 Å². The Hall–Kier alpha value is -2.08. The monoisotopic (exact) mass is 263 g/mol. The molecule has 0 radical (unpaired) electrons. The van der Waals surface area contributed by atoms with Crippen LogP contribution in [-0.4, -0.2) is 30.4 Å². The molecule has 0 aliphatic carbocycles. The number of nitrogens with two attached hydrogens (primary N) is 1. The molecule has 2 N–H and O–H groups in total. The van der Waals surface area contributed by atoms with Crippen LogP contribution in [0.25, 0.3) is 11.4 Å². The van der Waals surface area contributed by atoms with E-state index in [0.717, 1.165) is 5.56 Å². The van der Waals surface area contributed by atoms with E-state index in [4.69, 9.17) is 19.7 Å². The van der Waals surface area contributed by atoms with Crippen molar-refractivity contribution in [2.24, 2.45) is 5.73 Å². The van der Waals surface area contributed by atoms with E-state index < -0.39 is 0 Å². The van der Waals surface area contributed by atoms with Crippen molar-refractivity contribution in [1.82, 2.24) is 10.1 Å². The van der Waals surface area contributed by atoms with Crippen LogP contribution < -0.4 is 15.2 Å². The van der Waals surface area contributed by atoms with E-state index in [9.17, 15) is 0 Å². The van der Waals surface area contributed by atoms with Crippen molar-refractivity contribution in [3.8, 4) is 22.9 Å². The van der Waals surface area contributed by atoms with Crippen LogP contribution in [0.4, 0.5) is 0 Å². The van der Waals surface area contributed by atoms with Crippen LogP contribution >= 0.6 is 0 Å². The Labute approximate surface area is 111 Å². The van der Waals surface area contributed by atoms with Crippen LogP contribution in [0.5, 0.6) is 11.5 Å². The highest BCUT2D eigenvalue weighted by molar-refractivity contribution is 5.60. The van der Waals surface area contributed by atoms with Crippen molar-refractivity contribution in [1.29, 1.82) is 0 Å². The molecule has 6 heteroatoms. The number of benzene rings is 1. The second-order valence-electron chi connectivity index (χ2n) is 3.85. The number of ether oxygens (including phenoxy) is 2. The molecule has 0 aliphatic rings. The molecule has 2 aromatic rings. The predicted octanol–water partition coefficient (Wildman–Crippen LogP) is 1.65. The minimum absolute atomic E-state index is 0.480. The summed E-state index contributed by atoms with van der Waals surface area (Å²) in [5.41, 5.74) is 6.26. The van der Waals surface area contributed by atoms with E-state index in [-0.39, 0.29) is 0 Å². The third-order valence-electron chi connectivity index (χ3n) is 2.55. The van der Waals surface area contributed by atoms with Crippen molar-refractivity contribution < 1.29 is 14.0 Å². The Bertz CT molecular complexity index is 540. The fourth-order valence-corrected chi connectivity index (χ4v) is 1.68. The van der Waals surface area contributed by atoms with E-state index in [1.807, 2.05) is 25.1 Å². The molecule has 0 aliphatic heterocycles. The third kappa shape index (κ3) is 3.03. The number of nitrogens with zero attached hydrogens (tertiary/aromatic N) is 2. The molecule has 0 unspecified atom stereocenters. The van der Waals surface area contributed by atoms with E-state index in [1.165, 1.54) is 0 Å². The normalized spacial score (nSPS) is 10.5. The molecule has 0 spiro atoms. The highest BCUT2D eigenvalue weighted by Gasteiger charge is 2.11. The first kappa shape index (κ1) is 13.4. The maximum Gasteiger partial charge on any atom is 0.228 e. The second-order valence-corrected chi connectivity index (χ2v) is 3.85. The first-order chi connectivity index (χ1) is 9.28. The summed E-state index contributed by atoms with van der Waals surface area (Å²) in [6.07, 6.45) is 0.571. The fraction of sp³-hybridized carbons (Fsp3) is 0.385. The first-order valence-electron chi connectivity index (χ1n) is 6.12. The molecule has 6 nitrogen and oxygen atoms in total. The van der Waals surface area contributed by atoms with Gasteiger partial charge in [0.15, 0.2) is 11.5 Å². The molecule has 0 fully saturated rings. The highest BCUT2D eigenvalue weighted by Crippen LogP contribution is 2.31. The Morgan fingerprint density at radius 2 is 2.16 bits per heavy atom. The number of methoxy groups -OCH3 is 1. The molecule has 0 atom stereocenters. The minimum atomic E-state index is 0.480. The van der Waals surface area contributed by atoms with Gasteiger partial charge in [-0.05, 0) is 25.1 Å². The lowest BCUT2D eigenvalue weighted by atomic mass is 10.2. The van der Waals surface area contributed by atoms with Crippen molar-refractivity contribution in [2.45, 2.75) is 13.3 Å². The zero-order valence-corrected chi connectivity index (χ0v) is 11.0. The fourth-order valence-electron chi connectivity index (χ4n) is 1.68. The van der Waals surface area contributed by atoms with E-state index in [0.29, 0.717) is 42.8 Å². The molecule has 2 rings (SSSR count). The highest BCUT2D eigenvalue weighted by atomic mass is 16.5. The molecule has 0 saturated heterocycles. The molecular formula is C13H17N3O3. The molecule has 0 saturated carbocycles. The zero-order chi connectivity index (χ0) is 13.7. The van der Waals surface area contributed by atoms with E-state index >= 15 is 0 Å². The summed E-state index contributed by atoms with van der Waals surface area (Å²) in [6.45, 7) is 2.98. The Morgan fingerprint density at radius 1 is 1.32 bits per heavy atom. The second kappa shape index (κ2) is 6.19. The number of hydrogen-bond donors (Lipinski definition) is 1. The molecule has 19 heavy (non-hydrogen) atoms. The lowest BCUT2D eigenvalue weighted by Gasteiger charge is -2.09. The predicted molar refractivity (Wildman–Crippen MR) is 70.2 cm³/mol. The van der Waals surface area contributed by atoms with E-state index in [1.54, 1.807) is 7.11 Å². The largest absolute Gasteiger partial charge is 0.493 e. The van der Waals surface area contributed by atoms with Gasteiger partial charge in [0.2, 0.25) is 11.7 Å². The van der Waals surface area contributed by atoms with Gasteiger partial charge in [0.25, 0.3) is 0 Å². The Kier molecular flexibility index (Phi) is 4.35. The van der Waals surface area contributed by atoms with Gasteiger partial charge in [-0.3, -0.25) is 0 Å². The SMILES string of the molecule is CCOc1ccc(-c2noc(CCN)n2)cc1OC. The summed E-state index contributed by atoms with van der Waals surface area (Å²) in [5.74, 6) is 2.39.